The summed E-state index contributed by atoms with van der Waals surface area (Å²) in [5, 5.41) is 43.5. The summed E-state index contributed by atoms with van der Waals surface area (Å²) in [5.41, 5.74) is 9.70. The molecule has 6 N–H and O–H groups in total. The fourth-order valence-electron chi connectivity index (χ4n) is 7.34. The second-order valence-electron chi connectivity index (χ2n) is 13.6. The van der Waals surface area contributed by atoms with Gasteiger partial charge in [0, 0.05) is 22.3 Å². The number of aromatic amines is 2. The number of hydrogen-bond acceptors (Lipinski definition) is 6. The Kier molecular flexibility index (Phi) is 11.4. The molecule has 2 aliphatic heterocycles. The van der Waals surface area contributed by atoms with Gasteiger partial charge in [-0.25, -0.2) is 9.97 Å². The summed E-state index contributed by atoms with van der Waals surface area (Å²) in [6.07, 6.45) is 0. The minimum Gasteiger partial charge on any atom is -0.508 e. The Labute approximate surface area is 408 Å². The van der Waals surface area contributed by atoms with Crippen molar-refractivity contribution in [3.05, 3.63) is 138 Å². The Morgan fingerprint density at radius 1 is 0.333 bits per heavy atom. The molecule has 0 atom stereocenters. The van der Waals surface area contributed by atoms with Gasteiger partial charge in [-0.3, -0.25) is 0 Å². The predicted molar refractivity (Wildman–Crippen MR) is 270 cm³/mol. The van der Waals surface area contributed by atoms with E-state index < -0.39 is 0 Å². The maximum Gasteiger partial charge on any atom is 0.116 e. The molecule has 0 aliphatic carbocycles. The first-order chi connectivity index (χ1) is 28.7. The van der Waals surface area contributed by atoms with Crippen LogP contribution in [0.25, 0.3) is 84.5 Å². The standard InChI is InChI=1S/C44H22Br8N4O4/c45-29-31(47)39-26(18-6-2-10-22(58)14-18)41-33(49)35(51)43(55-41)28(20-8-4-12-24(60)16-20)44-36(52)34(50)42(56-44)27(19-7-3-11-23(59)15-19)40-32(48)30(46)38(54-40)25(37(29)53-39)17-5-1-9-21(57)13-17/h1-16,53-54,57-60H. The minimum atomic E-state index is 0.0503. The number of nitrogens with zero attached hydrogens (tertiary/aromatic N) is 2. The summed E-state index contributed by atoms with van der Waals surface area (Å²) in [6, 6.07) is 27.8. The number of aromatic nitrogens is 4. The first kappa shape index (κ1) is 41.9. The average Bonchev–Trinajstić information content (AvgIpc) is 3.87. The van der Waals surface area contributed by atoms with Gasteiger partial charge in [0.05, 0.1) is 80.7 Å². The molecule has 60 heavy (non-hydrogen) atoms. The van der Waals surface area contributed by atoms with Crippen molar-refractivity contribution in [1.29, 1.82) is 0 Å². The zero-order valence-corrected chi connectivity index (χ0v) is 42.6. The van der Waals surface area contributed by atoms with Gasteiger partial charge in [0.25, 0.3) is 0 Å². The molecule has 7 aromatic rings. The summed E-state index contributed by atoms with van der Waals surface area (Å²) in [5.74, 6) is 0.237. The summed E-state index contributed by atoms with van der Waals surface area (Å²) in [4.78, 5) is 18.2. The highest BCUT2D eigenvalue weighted by Crippen LogP contribution is 2.53. The van der Waals surface area contributed by atoms with Crippen molar-refractivity contribution < 1.29 is 20.4 Å². The van der Waals surface area contributed by atoms with Crippen molar-refractivity contribution in [3.63, 3.8) is 0 Å². The maximum absolute atomic E-state index is 10.9. The molecule has 0 unspecified atom stereocenters. The molecule has 0 saturated carbocycles. The van der Waals surface area contributed by atoms with Crippen molar-refractivity contribution in [2.75, 3.05) is 0 Å². The molecule has 0 amide bonds. The van der Waals surface area contributed by atoms with Gasteiger partial charge in [-0.05, 0) is 198 Å². The predicted octanol–water partition coefficient (Wildman–Crippen LogP) is 16.1. The van der Waals surface area contributed by atoms with E-state index in [9.17, 15) is 20.4 Å². The monoisotopic (exact) mass is 1300 g/mol. The number of fused-ring (bicyclic) bond motifs is 8. The Hall–Kier alpha value is -3.48. The minimum absolute atomic E-state index is 0.0503. The van der Waals surface area contributed by atoms with Crippen LogP contribution in [0.5, 0.6) is 23.0 Å². The Balaban J connectivity index is 1.64. The summed E-state index contributed by atoms with van der Waals surface area (Å²) in [7, 11) is 0. The zero-order valence-electron chi connectivity index (χ0n) is 29.9. The van der Waals surface area contributed by atoms with E-state index in [-0.39, 0.29) is 23.0 Å². The van der Waals surface area contributed by atoms with Crippen LogP contribution >= 0.6 is 127 Å². The molecule has 9 rings (SSSR count). The number of halogens is 8. The highest BCUT2D eigenvalue weighted by atomic mass is 79.9. The molecular weight excluding hydrogens is 1290 g/mol. The van der Waals surface area contributed by atoms with Crippen LogP contribution in [0.1, 0.15) is 22.8 Å². The van der Waals surface area contributed by atoms with Crippen molar-refractivity contribution in [2.24, 2.45) is 0 Å². The molecule has 0 radical (unpaired) electrons. The van der Waals surface area contributed by atoms with Crippen molar-refractivity contribution in [2.45, 2.75) is 0 Å². The van der Waals surface area contributed by atoms with Gasteiger partial charge in [0.2, 0.25) is 0 Å². The van der Waals surface area contributed by atoms with Gasteiger partial charge >= 0.3 is 0 Å². The van der Waals surface area contributed by atoms with Crippen LogP contribution in [0.3, 0.4) is 0 Å². The van der Waals surface area contributed by atoms with Crippen molar-refractivity contribution in [3.8, 4) is 67.5 Å². The lowest BCUT2D eigenvalue weighted by Crippen LogP contribution is -1.93. The highest BCUT2D eigenvalue weighted by Gasteiger charge is 2.32. The third-order valence-electron chi connectivity index (χ3n) is 9.91. The lowest BCUT2D eigenvalue weighted by molar-refractivity contribution is 0.475. The Bertz CT molecular complexity index is 3100. The number of hydrogen-bond donors (Lipinski definition) is 6. The molecule has 0 saturated heterocycles. The lowest BCUT2D eigenvalue weighted by atomic mass is 10.0. The molecule has 16 heteroatoms. The molecule has 2 aliphatic rings. The van der Waals surface area contributed by atoms with Crippen LogP contribution in [0, 0.1) is 0 Å². The van der Waals surface area contributed by atoms with E-state index in [0.29, 0.717) is 125 Å². The van der Waals surface area contributed by atoms with Crippen LogP contribution < -0.4 is 0 Å². The van der Waals surface area contributed by atoms with Gasteiger partial charge in [-0.2, -0.15) is 0 Å². The molecule has 3 aromatic heterocycles. The van der Waals surface area contributed by atoms with Crippen molar-refractivity contribution >= 4 is 167 Å². The molecule has 4 aromatic carbocycles. The van der Waals surface area contributed by atoms with Crippen LogP contribution in [-0.4, -0.2) is 40.4 Å². The summed E-state index contributed by atoms with van der Waals surface area (Å²) >= 11 is 31.3. The smallest absolute Gasteiger partial charge is 0.116 e. The van der Waals surface area contributed by atoms with E-state index in [1.165, 1.54) is 0 Å². The molecule has 5 heterocycles. The van der Waals surface area contributed by atoms with Gasteiger partial charge in [-0.15, -0.1) is 0 Å². The second-order valence-corrected chi connectivity index (χ2v) is 19.9. The van der Waals surface area contributed by atoms with Gasteiger partial charge in [0.15, 0.2) is 0 Å². The molecular formula is C44H22Br8N4O4. The molecule has 8 bridgehead atoms. The van der Waals surface area contributed by atoms with Crippen molar-refractivity contribution in [1.82, 2.24) is 19.9 Å². The maximum atomic E-state index is 10.9. The Morgan fingerprint density at radius 3 is 0.883 bits per heavy atom. The largest absolute Gasteiger partial charge is 0.508 e. The van der Waals surface area contributed by atoms with Crippen LogP contribution in [-0.2, 0) is 0 Å². The number of phenolic OH excluding ortho intramolecular Hbond substituents is 4. The molecule has 8 nitrogen and oxygen atoms in total. The van der Waals surface area contributed by atoms with Gasteiger partial charge in [-0.1, -0.05) is 48.5 Å². The SMILES string of the molecule is Oc1cccc(-c2c3nc(c(-c4cccc(O)c4)c4[nH]c(c(Br)c4Br)c(-c4cccc(O)c4)c4[nH]c(c(Br)c4Br)c(-c4cccc(O)c4)c4nc2C(Br)=C4Br)C(Br)=C3Br)c1. The third-order valence-corrected chi connectivity index (χ3v) is 18.3. The van der Waals surface area contributed by atoms with Crippen LogP contribution in [0.15, 0.2) is 115 Å². The number of rotatable bonds is 4. The van der Waals surface area contributed by atoms with E-state index in [1.54, 1.807) is 72.8 Å². The fourth-order valence-corrected chi connectivity index (χ4v) is 11.2. The van der Waals surface area contributed by atoms with E-state index in [4.69, 9.17) is 9.97 Å². The first-order valence-corrected chi connectivity index (χ1v) is 23.9. The van der Waals surface area contributed by atoms with Gasteiger partial charge < -0.3 is 30.4 Å². The quantitative estimate of drug-likeness (QED) is 0.104. The van der Waals surface area contributed by atoms with E-state index in [2.05, 4.69) is 137 Å². The first-order valence-electron chi connectivity index (χ1n) is 17.6. The number of H-pyrrole nitrogens is 2. The Morgan fingerprint density at radius 2 is 0.583 bits per heavy atom. The van der Waals surface area contributed by atoms with Crippen LogP contribution in [0.4, 0.5) is 0 Å². The number of nitrogens with one attached hydrogen (secondary N) is 2. The lowest BCUT2D eigenvalue weighted by Gasteiger charge is -2.09. The fraction of sp³-hybridized carbons (Fsp3) is 0. The molecule has 0 spiro atoms. The van der Waals surface area contributed by atoms with Crippen LogP contribution in [0.2, 0.25) is 0 Å². The topological polar surface area (TPSA) is 138 Å². The van der Waals surface area contributed by atoms with E-state index in [1.807, 2.05) is 24.3 Å². The molecule has 298 valence electrons. The zero-order chi connectivity index (χ0) is 42.3. The summed E-state index contributed by atoms with van der Waals surface area (Å²) < 4.78 is 5.09. The number of aromatic hydroxyl groups is 4. The second kappa shape index (κ2) is 16.3. The number of phenols is 4. The molecule has 0 fully saturated rings. The van der Waals surface area contributed by atoms with Gasteiger partial charge in [0.1, 0.15) is 23.0 Å². The summed E-state index contributed by atoms with van der Waals surface area (Å²) in [6.45, 7) is 0. The van der Waals surface area contributed by atoms with E-state index >= 15 is 0 Å². The normalized spacial score (nSPS) is 12.8. The highest BCUT2D eigenvalue weighted by molar-refractivity contribution is 9.18. The van der Waals surface area contributed by atoms with E-state index in [0.717, 1.165) is 0 Å². The number of benzene rings is 4. The average molecular weight is 1310 g/mol. The third kappa shape index (κ3) is 7.08.